The Balaban J connectivity index is 2.88. The van der Waals surface area contributed by atoms with E-state index in [4.69, 9.17) is 0 Å². The van der Waals surface area contributed by atoms with E-state index in [1.807, 2.05) is 0 Å². The average molecular weight is 282 g/mol. The summed E-state index contributed by atoms with van der Waals surface area (Å²) in [6.45, 7) is 4.60. The van der Waals surface area contributed by atoms with Crippen LogP contribution >= 0.6 is 0 Å². The molecule has 0 rings (SSSR count). The highest BCUT2D eigenvalue weighted by Crippen LogP contribution is 2.11. The summed E-state index contributed by atoms with van der Waals surface area (Å²) in [5, 5.41) is 3.26. The van der Waals surface area contributed by atoms with Gasteiger partial charge in [0.05, 0.1) is 0 Å². The van der Waals surface area contributed by atoms with Crippen LogP contribution in [0, 0.1) is 0 Å². The molecule has 19 heavy (non-hydrogen) atoms. The Bertz CT molecular complexity index is 129. The first-order chi connectivity index (χ1) is 9.41. The highest BCUT2D eigenvalue weighted by atomic mass is 27.1. The summed E-state index contributed by atoms with van der Waals surface area (Å²) in [5.41, 5.74) is 0. The minimum Gasteiger partial charge on any atom is -0.0972 e. The van der Waals surface area contributed by atoms with E-state index in [1.54, 1.807) is 23.4 Å². The molecule has 0 aromatic rings. The topological polar surface area (TPSA) is 0 Å². The third-order valence-electron chi connectivity index (χ3n) is 4.21. The summed E-state index contributed by atoms with van der Waals surface area (Å²) in [5.74, 6) is 0. The third kappa shape index (κ3) is 18.5. The van der Waals surface area contributed by atoms with Crippen LogP contribution in [0.1, 0.15) is 104 Å². The molecule has 0 nitrogen and oxygen atoms in total. The lowest BCUT2D eigenvalue weighted by atomic mass is 10.1. The minimum atomic E-state index is 0.324. The van der Waals surface area contributed by atoms with Crippen molar-refractivity contribution in [3.8, 4) is 0 Å². The maximum absolute atomic E-state index is 2.30. The largest absolute Gasteiger partial charge is 0.236 e. The number of hydrogen-bond donors (Lipinski definition) is 0. The molecule has 0 amide bonds. The molecule has 0 unspecified atom stereocenters. The standard InChI is InChI=1S/2C9H19.Al.H/c2*1-3-5-7-9-8-6-4-2;;/h2*1,3-9H2,2H3;;. The first-order valence-electron chi connectivity index (χ1n) is 9.41. The molecule has 0 heterocycles. The molecule has 0 aromatic heterocycles. The van der Waals surface area contributed by atoms with Gasteiger partial charge in [-0.05, 0) is 0 Å². The van der Waals surface area contributed by atoms with E-state index in [-0.39, 0.29) is 0 Å². The summed E-state index contributed by atoms with van der Waals surface area (Å²) in [7, 11) is 0. The quantitative estimate of drug-likeness (QED) is 0.217. The third-order valence-corrected chi connectivity index (χ3v) is 6.21. The molecular formula is C18H39Al. The van der Waals surface area contributed by atoms with Gasteiger partial charge < -0.3 is 0 Å². The van der Waals surface area contributed by atoms with Crippen molar-refractivity contribution in [2.45, 2.75) is 114 Å². The van der Waals surface area contributed by atoms with Crippen LogP contribution in [0.2, 0.25) is 10.6 Å². The van der Waals surface area contributed by atoms with Crippen molar-refractivity contribution in [3.63, 3.8) is 0 Å². The van der Waals surface area contributed by atoms with Crippen LogP contribution in [0.15, 0.2) is 0 Å². The number of hydrogen-bond acceptors (Lipinski definition) is 0. The second-order valence-electron chi connectivity index (χ2n) is 6.30. The van der Waals surface area contributed by atoms with E-state index in [1.165, 1.54) is 77.0 Å². The van der Waals surface area contributed by atoms with Crippen LogP contribution < -0.4 is 0 Å². The summed E-state index contributed by atoms with van der Waals surface area (Å²) in [6, 6.07) is 0. The fourth-order valence-electron chi connectivity index (χ4n) is 2.80. The molecular weight excluding hydrogens is 243 g/mol. The molecule has 0 fully saturated rings. The molecule has 0 spiro atoms. The Morgan fingerprint density at radius 1 is 0.421 bits per heavy atom. The SMILES string of the molecule is CCCCCCCC[CH2][AlH][CH2]CCCCCCCC. The maximum atomic E-state index is 2.30. The molecule has 114 valence electrons. The summed E-state index contributed by atoms with van der Waals surface area (Å²) in [6.07, 6.45) is 20.8. The van der Waals surface area contributed by atoms with Crippen molar-refractivity contribution in [1.29, 1.82) is 0 Å². The van der Waals surface area contributed by atoms with Crippen LogP contribution in [-0.2, 0) is 0 Å². The van der Waals surface area contributed by atoms with Gasteiger partial charge in [-0.1, -0.05) is 114 Å². The molecule has 0 atom stereocenters. The van der Waals surface area contributed by atoms with Gasteiger partial charge in [0.1, 0.15) is 0 Å². The molecule has 0 radical (unpaired) electrons. The van der Waals surface area contributed by atoms with Gasteiger partial charge >= 0.3 is 0 Å². The number of rotatable bonds is 16. The highest BCUT2D eigenvalue weighted by Gasteiger charge is 1.96. The van der Waals surface area contributed by atoms with Crippen molar-refractivity contribution < 1.29 is 0 Å². The lowest BCUT2D eigenvalue weighted by molar-refractivity contribution is 0.597. The van der Waals surface area contributed by atoms with E-state index in [0.29, 0.717) is 15.2 Å². The molecule has 0 aromatic carbocycles. The van der Waals surface area contributed by atoms with Crippen LogP contribution in [0.5, 0.6) is 0 Å². The lowest BCUT2D eigenvalue weighted by Crippen LogP contribution is -1.90. The first-order valence-corrected chi connectivity index (χ1v) is 11.4. The zero-order valence-electron chi connectivity index (χ0n) is 14.0. The highest BCUT2D eigenvalue weighted by molar-refractivity contribution is 6.35. The van der Waals surface area contributed by atoms with E-state index in [2.05, 4.69) is 13.8 Å². The molecule has 0 bridgehead atoms. The molecule has 0 saturated carbocycles. The van der Waals surface area contributed by atoms with Crippen molar-refractivity contribution in [2.75, 3.05) is 0 Å². The van der Waals surface area contributed by atoms with Gasteiger partial charge in [0.2, 0.25) is 15.2 Å². The normalized spacial score (nSPS) is 10.8. The van der Waals surface area contributed by atoms with E-state index in [9.17, 15) is 0 Å². The molecule has 0 saturated heterocycles. The van der Waals surface area contributed by atoms with Gasteiger partial charge in [0.15, 0.2) is 0 Å². The molecule has 0 aliphatic heterocycles. The van der Waals surface area contributed by atoms with Crippen molar-refractivity contribution in [3.05, 3.63) is 0 Å². The first kappa shape index (κ1) is 19.5. The Morgan fingerprint density at radius 3 is 1.11 bits per heavy atom. The van der Waals surface area contributed by atoms with Crippen LogP contribution in [0.4, 0.5) is 0 Å². The van der Waals surface area contributed by atoms with Crippen molar-refractivity contribution >= 4 is 15.2 Å². The summed E-state index contributed by atoms with van der Waals surface area (Å²) >= 11 is 0.324. The van der Waals surface area contributed by atoms with Gasteiger partial charge in [0.25, 0.3) is 0 Å². The maximum Gasteiger partial charge on any atom is 0.236 e. The predicted octanol–water partition coefficient (Wildman–Crippen LogP) is 6.76. The Morgan fingerprint density at radius 2 is 0.737 bits per heavy atom. The fourth-order valence-corrected chi connectivity index (χ4v) is 4.57. The lowest BCUT2D eigenvalue weighted by Gasteiger charge is -2.01. The van der Waals surface area contributed by atoms with Crippen molar-refractivity contribution in [1.82, 2.24) is 0 Å². The molecule has 0 aliphatic carbocycles. The Hall–Kier alpha value is 0.532. The zero-order valence-corrected chi connectivity index (χ0v) is 15.4. The monoisotopic (exact) mass is 282 g/mol. The van der Waals surface area contributed by atoms with Crippen LogP contribution in [0.25, 0.3) is 0 Å². The second kappa shape index (κ2) is 18.5. The van der Waals surface area contributed by atoms with E-state index >= 15 is 0 Å². The van der Waals surface area contributed by atoms with Gasteiger partial charge in [-0.15, -0.1) is 0 Å². The Labute approximate surface area is 129 Å². The minimum absolute atomic E-state index is 0.324. The van der Waals surface area contributed by atoms with Gasteiger partial charge in [-0.3, -0.25) is 0 Å². The second-order valence-corrected chi connectivity index (χ2v) is 8.42. The molecule has 1 heteroatoms. The van der Waals surface area contributed by atoms with Gasteiger partial charge in [-0.25, -0.2) is 0 Å². The Kier molecular flexibility index (Phi) is 19.1. The van der Waals surface area contributed by atoms with E-state index < -0.39 is 0 Å². The van der Waals surface area contributed by atoms with Gasteiger partial charge in [-0.2, -0.15) is 0 Å². The summed E-state index contributed by atoms with van der Waals surface area (Å²) < 4.78 is 0. The smallest absolute Gasteiger partial charge is 0.0972 e. The van der Waals surface area contributed by atoms with Crippen molar-refractivity contribution in [2.24, 2.45) is 0 Å². The van der Waals surface area contributed by atoms with Crippen LogP contribution in [-0.4, -0.2) is 15.2 Å². The van der Waals surface area contributed by atoms with Crippen LogP contribution in [0.3, 0.4) is 0 Å². The van der Waals surface area contributed by atoms with Gasteiger partial charge in [0, 0.05) is 0 Å². The summed E-state index contributed by atoms with van der Waals surface area (Å²) in [4.78, 5) is 0. The van der Waals surface area contributed by atoms with E-state index in [0.717, 1.165) is 0 Å². The predicted molar refractivity (Wildman–Crippen MR) is 92.7 cm³/mol. The average Bonchev–Trinajstić information content (AvgIpc) is 2.43. The molecule has 0 N–H and O–H groups in total. The molecule has 0 aliphatic rings. The number of unbranched alkanes of at least 4 members (excludes halogenated alkanes) is 12. The zero-order chi connectivity index (χ0) is 14.0. The fraction of sp³-hybridized carbons (Fsp3) is 1.00.